The minimum atomic E-state index is -4.42. The van der Waals surface area contributed by atoms with E-state index in [1.54, 1.807) is 6.92 Å². The fourth-order valence-electron chi connectivity index (χ4n) is 0.918. The summed E-state index contributed by atoms with van der Waals surface area (Å²) < 4.78 is 36.5. The molecule has 0 spiro atoms. The second-order valence-electron chi connectivity index (χ2n) is 2.64. The average molecular weight is 210 g/mol. The molecule has 0 amide bonds. The highest BCUT2D eigenvalue weighted by molar-refractivity contribution is 6.21. The van der Waals surface area contributed by atoms with Crippen LogP contribution in [0.25, 0.3) is 0 Å². The number of hydrogen-bond acceptors (Lipinski definition) is 1. The van der Waals surface area contributed by atoms with Crippen molar-refractivity contribution in [3.8, 4) is 0 Å². The van der Waals surface area contributed by atoms with Crippen LogP contribution in [0.5, 0.6) is 0 Å². The van der Waals surface area contributed by atoms with Crippen LogP contribution in [0.3, 0.4) is 0 Å². The molecule has 1 atom stereocenters. The van der Waals surface area contributed by atoms with Crippen LogP contribution in [0.1, 0.15) is 16.5 Å². The van der Waals surface area contributed by atoms with E-state index in [-0.39, 0.29) is 5.56 Å². The van der Waals surface area contributed by atoms with Crippen molar-refractivity contribution in [2.24, 2.45) is 0 Å². The Bertz CT molecular complexity index is 298. The van der Waals surface area contributed by atoms with E-state index in [2.05, 4.69) is 4.98 Å². The Hall–Kier alpha value is -0.770. The van der Waals surface area contributed by atoms with Crippen molar-refractivity contribution in [2.45, 2.75) is 18.5 Å². The van der Waals surface area contributed by atoms with Crippen LogP contribution >= 0.6 is 11.6 Å². The van der Waals surface area contributed by atoms with Crippen LogP contribution in [-0.4, -0.2) is 11.2 Å². The Kier molecular flexibility index (Phi) is 2.81. The predicted octanol–water partition coefficient (Wildman–Crippen LogP) is 3.23. The number of aromatic nitrogens is 1. The third-order valence-corrected chi connectivity index (χ3v) is 2.12. The van der Waals surface area contributed by atoms with Crippen molar-refractivity contribution in [3.63, 3.8) is 0 Å². The van der Waals surface area contributed by atoms with Gasteiger partial charge in [0.2, 0.25) is 0 Å². The minimum absolute atomic E-state index is 0.0108. The summed E-state index contributed by atoms with van der Waals surface area (Å²) in [4.78, 5) is 3.60. The normalized spacial score (nSPS) is 14.2. The van der Waals surface area contributed by atoms with Crippen LogP contribution in [-0.2, 0) is 0 Å². The lowest BCUT2D eigenvalue weighted by atomic mass is 10.1. The lowest BCUT2D eigenvalue weighted by Gasteiger charge is -2.14. The number of halogens is 4. The van der Waals surface area contributed by atoms with Gasteiger partial charge in [-0.05, 0) is 18.6 Å². The highest BCUT2D eigenvalue weighted by Gasteiger charge is 2.40. The maximum Gasteiger partial charge on any atom is 0.409 e. The van der Waals surface area contributed by atoms with Crippen LogP contribution in [0.4, 0.5) is 13.2 Å². The predicted molar refractivity (Wildman–Crippen MR) is 43.6 cm³/mol. The number of aryl methyl sites for hydroxylation is 1. The lowest BCUT2D eigenvalue weighted by Crippen LogP contribution is -2.16. The van der Waals surface area contributed by atoms with E-state index in [0.29, 0.717) is 5.56 Å². The zero-order chi connectivity index (χ0) is 10.1. The van der Waals surface area contributed by atoms with Crippen LogP contribution < -0.4 is 0 Å². The molecule has 0 aromatic carbocycles. The van der Waals surface area contributed by atoms with E-state index >= 15 is 0 Å². The molecule has 0 aliphatic rings. The zero-order valence-corrected chi connectivity index (χ0v) is 7.52. The summed E-state index contributed by atoms with van der Waals surface area (Å²) in [6.07, 6.45) is -1.85. The summed E-state index contributed by atoms with van der Waals surface area (Å²) in [5.74, 6) is 0. The molecular weight excluding hydrogens is 203 g/mol. The molecule has 0 radical (unpaired) electrons. The molecule has 72 valence electrons. The summed E-state index contributed by atoms with van der Waals surface area (Å²) >= 11 is 5.22. The lowest BCUT2D eigenvalue weighted by molar-refractivity contribution is -0.131. The van der Waals surface area contributed by atoms with Crippen molar-refractivity contribution in [1.29, 1.82) is 0 Å². The Morgan fingerprint density at radius 1 is 1.46 bits per heavy atom. The van der Waals surface area contributed by atoms with Gasteiger partial charge in [-0.2, -0.15) is 13.2 Å². The molecule has 0 N–H and O–H groups in total. The van der Waals surface area contributed by atoms with E-state index < -0.39 is 11.6 Å². The molecular formula is C8H7ClF3N. The van der Waals surface area contributed by atoms with Gasteiger partial charge in [-0.15, -0.1) is 11.6 Å². The van der Waals surface area contributed by atoms with Gasteiger partial charge in [0.05, 0.1) is 0 Å². The second-order valence-corrected chi connectivity index (χ2v) is 3.07. The summed E-state index contributed by atoms with van der Waals surface area (Å²) in [5, 5.41) is -1.97. The van der Waals surface area contributed by atoms with E-state index in [1.807, 2.05) is 0 Å². The van der Waals surface area contributed by atoms with E-state index in [0.717, 1.165) is 6.20 Å². The van der Waals surface area contributed by atoms with Crippen LogP contribution in [0, 0.1) is 6.92 Å². The van der Waals surface area contributed by atoms with Crippen molar-refractivity contribution in [3.05, 3.63) is 29.6 Å². The van der Waals surface area contributed by atoms with Gasteiger partial charge in [0.25, 0.3) is 0 Å². The molecule has 0 aliphatic carbocycles. The van der Waals surface area contributed by atoms with E-state index in [9.17, 15) is 13.2 Å². The van der Waals surface area contributed by atoms with Crippen LogP contribution in [0.15, 0.2) is 18.5 Å². The fraction of sp³-hybridized carbons (Fsp3) is 0.375. The van der Waals surface area contributed by atoms with E-state index in [1.165, 1.54) is 12.3 Å². The molecule has 0 saturated heterocycles. The number of pyridine rings is 1. The second kappa shape index (κ2) is 3.54. The largest absolute Gasteiger partial charge is 0.409 e. The number of nitrogens with zero attached hydrogens (tertiary/aromatic N) is 1. The van der Waals surface area contributed by atoms with Gasteiger partial charge in [-0.25, -0.2) is 0 Å². The summed E-state index contributed by atoms with van der Waals surface area (Å²) in [6, 6.07) is 1.50. The monoisotopic (exact) mass is 209 g/mol. The third kappa shape index (κ3) is 2.34. The van der Waals surface area contributed by atoms with Gasteiger partial charge < -0.3 is 0 Å². The van der Waals surface area contributed by atoms with Gasteiger partial charge in [0.1, 0.15) is 0 Å². The van der Waals surface area contributed by atoms with Crippen molar-refractivity contribution < 1.29 is 13.2 Å². The number of hydrogen-bond donors (Lipinski definition) is 0. The SMILES string of the molecule is Cc1ccncc1C(Cl)C(F)(F)F. The molecule has 13 heavy (non-hydrogen) atoms. The molecule has 1 aromatic heterocycles. The van der Waals surface area contributed by atoms with E-state index in [4.69, 9.17) is 11.6 Å². The maximum absolute atomic E-state index is 12.2. The van der Waals surface area contributed by atoms with Gasteiger partial charge in [-0.3, -0.25) is 4.98 Å². The van der Waals surface area contributed by atoms with Crippen LogP contribution in [0.2, 0.25) is 0 Å². The number of alkyl halides is 4. The molecule has 1 unspecified atom stereocenters. The highest BCUT2D eigenvalue weighted by Crippen LogP contribution is 2.38. The molecule has 1 aromatic rings. The third-order valence-electron chi connectivity index (χ3n) is 1.64. The van der Waals surface area contributed by atoms with Gasteiger partial charge >= 0.3 is 6.18 Å². The highest BCUT2D eigenvalue weighted by atomic mass is 35.5. The van der Waals surface area contributed by atoms with Crippen molar-refractivity contribution >= 4 is 11.6 Å². The zero-order valence-electron chi connectivity index (χ0n) is 6.77. The van der Waals surface area contributed by atoms with Gasteiger partial charge in [-0.1, -0.05) is 0 Å². The standard InChI is InChI=1S/C8H7ClF3N/c1-5-2-3-13-4-6(5)7(9)8(10,11)12/h2-4,7H,1H3. The first-order chi connectivity index (χ1) is 5.93. The van der Waals surface area contributed by atoms with Gasteiger partial charge in [0.15, 0.2) is 5.38 Å². The topological polar surface area (TPSA) is 12.9 Å². The molecule has 1 rings (SSSR count). The Labute approximate surface area is 78.5 Å². The first kappa shape index (κ1) is 10.3. The minimum Gasteiger partial charge on any atom is -0.264 e. The van der Waals surface area contributed by atoms with Crippen molar-refractivity contribution in [2.75, 3.05) is 0 Å². The first-order valence-electron chi connectivity index (χ1n) is 3.54. The maximum atomic E-state index is 12.2. The van der Waals surface area contributed by atoms with Crippen molar-refractivity contribution in [1.82, 2.24) is 4.98 Å². The smallest absolute Gasteiger partial charge is 0.264 e. The molecule has 0 bridgehead atoms. The first-order valence-corrected chi connectivity index (χ1v) is 3.98. The Balaban J connectivity index is 3.02. The summed E-state index contributed by atoms with van der Waals surface area (Å²) in [7, 11) is 0. The number of rotatable bonds is 1. The summed E-state index contributed by atoms with van der Waals surface area (Å²) in [5.41, 5.74) is 0.504. The summed E-state index contributed by atoms with van der Waals surface area (Å²) in [6.45, 7) is 1.57. The molecule has 0 fully saturated rings. The fourth-order valence-corrected chi connectivity index (χ4v) is 1.15. The van der Waals surface area contributed by atoms with Gasteiger partial charge in [0, 0.05) is 18.0 Å². The average Bonchev–Trinajstić information content (AvgIpc) is 2.02. The quantitative estimate of drug-likeness (QED) is 0.647. The molecule has 0 saturated carbocycles. The molecule has 5 heteroatoms. The Morgan fingerprint density at radius 2 is 2.08 bits per heavy atom. The molecule has 0 aliphatic heterocycles. The Morgan fingerprint density at radius 3 is 2.54 bits per heavy atom. The molecule has 1 nitrogen and oxygen atoms in total. The molecule has 1 heterocycles.